The molecular weight excluding hydrogens is 312 g/mol. The molecule has 1 saturated heterocycles. The van der Waals surface area contributed by atoms with Crippen molar-refractivity contribution in [2.24, 2.45) is 0 Å². The number of carbonyl (C=O) groups is 1. The Kier molecular flexibility index (Phi) is 5.81. The molecule has 1 aromatic rings. The molecule has 128 valence electrons. The van der Waals surface area contributed by atoms with Gasteiger partial charge in [-0.3, -0.25) is 0 Å². The van der Waals surface area contributed by atoms with Crippen LogP contribution in [0.15, 0.2) is 24.3 Å². The first-order valence-corrected chi connectivity index (χ1v) is 8.59. The molecule has 2 rings (SSSR count). The topological polar surface area (TPSA) is 42.0 Å². The lowest BCUT2D eigenvalue weighted by molar-refractivity contribution is 0.0142. The van der Waals surface area contributed by atoms with E-state index >= 15 is 0 Å². The summed E-state index contributed by atoms with van der Waals surface area (Å²) in [6, 6.07) is 8.09. The van der Waals surface area contributed by atoms with Crippen molar-refractivity contribution in [3.05, 3.63) is 29.8 Å². The van der Waals surface area contributed by atoms with Crippen LogP contribution in [0.2, 0.25) is 0 Å². The van der Waals surface area contributed by atoms with Crippen LogP contribution < -0.4 is 4.74 Å². The van der Waals surface area contributed by atoms with Crippen molar-refractivity contribution in [1.29, 1.82) is 0 Å². The number of nitrogens with zero attached hydrogens (tertiary/aromatic N) is 2. The number of rotatable bonds is 5. The van der Waals surface area contributed by atoms with Gasteiger partial charge in [0.15, 0.2) is 0 Å². The second-order valence-corrected chi connectivity index (χ2v) is 8.25. The molecule has 1 aliphatic rings. The van der Waals surface area contributed by atoms with Crippen LogP contribution in [0, 0.1) is 0 Å². The Labute approximate surface area is 143 Å². The molecule has 0 saturated carbocycles. The quantitative estimate of drug-likeness (QED) is 0.770. The highest BCUT2D eigenvalue weighted by atomic mass is 32.2. The van der Waals surface area contributed by atoms with E-state index in [-0.39, 0.29) is 6.09 Å². The van der Waals surface area contributed by atoms with Gasteiger partial charge in [-0.05, 0) is 45.5 Å². The van der Waals surface area contributed by atoms with E-state index in [0.29, 0.717) is 5.25 Å². The second-order valence-electron chi connectivity index (χ2n) is 6.75. The zero-order valence-corrected chi connectivity index (χ0v) is 15.4. The van der Waals surface area contributed by atoms with Gasteiger partial charge in [-0.1, -0.05) is 24.1 Å². The molecule has 0 aliphatic carbocycles. The molecular formula is C17H26N2O3S. The first-order valence-electron chi connectivity index (χ1n) is 7.75. The molecule has 0 spiro atoms. The van der Waals surface area contributed by atoms with Gasteiger partial charge >= 0.3 is 6.09 Å². The molecule has 0 aromatic heterocycles. The lowest BCUT2D eigenvalue weighted by atomic mass is 10.2. The molecule has 5 nitrogen and oxygen atoms in total. The average molecular weight is 338 g/mol. The molecule has 0 radical (unpaired) electrons. The van der Waals surface area contributed by atoms with Gasteiger partial charge < -0.3 is 14.4 Å². The largest absolute Gasteiger partial charge is 0.497 e. The summed E-state index contributed by atoms with van der Waals surface area (Å²) < 4.78 is 12.7. The molecule has 1 fully saturated rings. The van der Waals surface area contributed by atoms with Gasteiger partial charge in [0.05, 0.1) is 12.4 Å². The SMILES string of the molecule is COc1ccc(CN(C)SC2CN(C(=O)OC(C)(C)C)C2)cc1. The summed E-state index contributed by atoms with van der Waals surface area (Å²) in [5.74, 6) is 0.871. The lowest BCUT2D eigenvalue weighted by Crippen LogP contribution is -2.54. The Bertz CT molecular complexity index is 522. The van der Waals surface area contributed by atoms with Gasteiger partial charge in [0.2, 0.25) is 0 Å². The minimum Gasteiger partial charge on any atom is -0.497 e. The number of ether oxygens (including phenoxy) is 2. The minimum atomic E-state index is -0.430. The number of benzene rings is 1. The third-order valence-electron chi connectivity index (χ3n) is 3.39. The minimum absolute atomic E-state index is 0.216. The van der Waals surface area contributed by atoms with Gasteiger partial charge in [-0.2, -0.15) is 0 Å². The molecule has 0 N–H and O–H groups in total. The fraction of sp³-hybridized carbons (Fsp3) is 0.588. The highest BCUT2D eigenvalue weighted by molar-refractivity contribution is 7.97. The van der Waals surface area contributed by atoms with Crippen molar-refractivity contribution in [1.82, 2.24) is 9.21 Å². The number of carbonyl (C=O) groups excluding carboxylic acids is 1. The summed E-state index contributed by atoms with van der Waals surface area (Å²) >= 11 is 1.78. The van der Waals surface area contributed by atoms with E-state index in [1.807, 2.05) is 32.9 Å². The van der Waals surface area contributed by atoms with E-state index in [4.69, 9.17) is 9.47 Å². The summed E-state index contributed by atoms with van der Waals surface area (Å²) in [5.41, 5.74) is 0.810. The van der Waals surface area contributed by atoms with Crippen molar-refractivity contribution in [2.75, 3.05) is 27.2 Å². The molecule has 1 amide bonds. The number of likely N-dealkylation sites (tertiary alicyclic amines) is 1. The molecule has 1 heterocycles. The zero-order chi connectivity index (χ0) is 17.0. The highest BCUT2D eigenvalue weighted by Gasteiger charge is 2.34. The van der Waals surface area contributed by atoms with Gasteiger partial charge in [0.25, 0.3) is 0 Å². The Morgan fingerprint density at radius 3 is 2.43 bits per heavy atom. The predicted octanol–water partition coefficient (Wildman–Crippen LogP) is 3.39. The fourth-order valence-corrected chi connectivity index (χ4v) is 3.49. The van der Waals surface area contributed by atoms with Crippen LogP contribution in [0.3, 0.4) is 0 Å². The van der Waals surface area contributed by atoms with Gasteiger partial charge in [0, 0.05) is 19.6 Å². The highest BCUT2D eigenvalue weighted by Crippen LogP contribution is 2.27. The van der Waals surface area contributed by atoms with E-state index in [1.54, 1.807) is 24.0 Å². The Morgan fingerprint density at radius 1 is 1.30 bits per heavy atom. The molecule has 1 aliphatic heterocycles. The first kappa shape index (κ1) is 17.9. The van der Waals surface area contributed by atoms with Crippen LogP contribution in [-0.2, 0) is 11.3 Å². The van der Waals surface area contributed by atoms with Crippen LogP contribution in [0.1, 0.15) is 26.3 Å². The summed E-state index contributed by atoms with van der Waals surface area (Å²) in [7, 11) is 3.75. The smallest absolute Gasteiger partial charge is 0.410 e. The third kappa shape index (κ3) is 5.62. The van der Waals surface area contributed by atoms with Crippen molar-refractivity contribution in [2.45, 2.75) is 38.2 Å². The van der Waals surface area contributed by atoms with Crippen molar-refractivity contribution >= 4 is 18.0 Å². The standard InChI is InChI=1S/C17H26N2O3S/c1-17(2,3)22-16(20)19-11-15(12-19)23-18(4)10-13-6-8-14(21-5)9-7-13/h6-9,15H,10-12H2,1-5H3. The third-order valence-corrected chi connectivity index (χ3v) is 4.48. The van der Waals surface area contributed by atoms with Crippen molar-refractivity contribution < 1.29 is 14.3 Å². The lowest BCUT2D eigenvalue weighted by Gasteiger charge is -2.40. The first-order chi connectivity index (χ1) is 10.8. The molecule has 0 unspecified atom stereocenters. The number of hydrogen-bond acceptors (Lipinski definition) is 5. The molecule has 0 bridgehead atoms. The van der Waals surface area contributed by atoms with Crippen LogP contribution in [-0.4, -0.2) is 53.4 Å². The van der Waals surface area contributed by atoms with Gasteiger partial charge in [-0.15, -0.1) is 0 Å². The van der Waals surface area contributed by atoms with E-state index in [0.717, 1.165) is 25.4 Å². The van der Waals surface area contributed by atoms with Crippen LogP contribution in [0.5, 0.6) is 5.75 Å². The number of amides is 1. The monoisotopic (exact) mass is 338 g/mol. The van der Waals surface area contributed by atoms with Gasteiger partial charge in [-0.25, -0.2) is 9.10 Å². The average Bonchev–Trinajstić information content (AvgIpc) is 2.41. The van der Waals surface area contributed by atoms with E-state index in [2.05, 4.69) is 23.5 Å². The van der Waals surface area contributed by atoms with Gasteiger partial charge in [0.1, 0.15) is 11.4 Å². The van der Waals surface area contributed by atoms with Crippen LogP contribution >= 0.6 is 11.9 Å². The molecule has 23 heavy (non-hydrogen) atoms. The molecule has 6 heteroatoms. The maximum atomic E-state index is 11.9. The fourth-order valence-electron chi connectivity index (χ4n) is 2.26. The number of hydrogen-bond donors (Lipinski definition) is 0. The van der Waals surface area contributed by atoms with E-state index in [9.17, 15) is 4.79 Å². The molecule has 1 aromatic carbocycles. The normalized spacial score (nSPS) is 15.5. The van der Waals surface area contributed by atoms with Crippen molar-refractivity contribution in [3.63, 3.8) is 0 Å². The summed E-state index contributed by atoms with van der Waals surface area (Å²) in [6.07, 6.45) is -0.216. The summed E-state index contributed by atoms with van der Waals surface area (Å²) in [5, 5.41) is 0.436. The van der Waals surface area contributed by atoms with E-state index < -0.39 is 5.60 Å². The molecule has 0 atom stereocenters. The Hall–Kier alpha value is -1.40. The Balaban J connectivity index is 1.71. The van der Waals surface area contributed by atoms with Crippen molar-refractivity contribution in [3.8, 4) is 5.75 Å². The maximum absolute atomic E-state index is 11.9. The number of methoxy groups -OCH3 is 1. The Morgan fingerprint density at radius 2 is 1.91 bits per heavy atom. The maximum Gasteiger partial charge on any atom is 0.410 e. The summed E-state index contributed by atoms with van der Waals surface area (Å²) in [6.45, 7) is 8.01. The van der Waals surface area contributed by atoms with Crippen LogP contribution in [0.25, 0.3) is 0 Å². The van der Waals surface area contributed by atoms with E-state index in [1.165, 1.54) is 5.56 Å². The predicted molar refractivity (Wildman–Crippen MR) is 93.6 cm³/mol. The van der Waals surface area contributed by atoms with Crippen LogP contribution in [0.4, 0.5) is 4.79 Å². The zero-order valence-electron chi connectivity index (χ0n) is 14.5. The second kappa shape index (κ2) is 7.45. The summed E-state index contributed by atoms with van der Waals surface area (Å²) in [4.78, 5) is 13.6.